The van der Waals surface area contributed by atoms with Gasteiger partial charge in [-0.25, -0.2) is 4.68 Å². The normalized spacial score (nSPS) is 15.8. The van der Waals surface area contributed by atoms with Crippen molar-refractivity contribution >= 4 is 11.6 Å². The Morgan fingerprint density at radius 2 is 1.88 bits per heavy atom. The molecule has 0 spiro atoms. The van der Waals surface area contributed by atoms with Crippen molar-refractivity contribution in [2.75, 3.05) is 19.5 Å². The Morgan fingerprint density at radius 3 is 2.64 bits per heavy atom. The van der Waals surface area contributed by atoms with E-state index in [0.29, 0.717) is 5.95 Å². The van der Waals surface area contributed by atoms with Crippen molar-refractivity contribution in [3.05, 3.63) is 72.1 Å². The number of hydrogen-bond donors (Lipinski definition) is 1. The lowest BCUT2D eigenvalue weighted by Crippen LogP contribution is -2.20. The Balaban J connectivity index is 1.87. The van der Waals surface area contributed by atoms with Gasteiger partial charge in [0, 0.05) is 11.3 Å². The fourth-order valence-electron chi connectivity index (χ4n) is 3.01. The first-order valence-electron chi connectivity index (χ1n) is 7.96. The lowest BCUT2D eigenvalue weighted by molar-refractivity contribution is 0.394. The Hall–Kier alpha value is -3.28. The molecular formula is C19H18N4O2. The van der Waals surface area contributed by atoms with Crippen molar-refractivity contribution in [1.29, 1.82) is 0 Å². The zero-order chi connectivity index (χ0) is 17.2. The largest absolute Gasteiger partial charge is 0.497 e. The summed E-state index contributed by atoms with van der Waals surface area (Å²) in [6, 6.07) is 15.7. The second kappa shape index (κ2) is 6.32. The molecule has 1 aliphatic heterocycles. The van der Waals surface area contributed by atoms with Gasteiger partial charge in [0.25, 0.3) is 0 Å². The van der Waals surface area contributed by atoms with E-state index in [2.05, 4.69) is 33.6 Å². The molecule has 0 radical (unpaired) electrons. The van der Waals surface area contributed by atoms with Gasteiger partial charge in [0.15, 0.2) is 0 Å². The van der Waals surface area contributed by atoms with Crippen molar-refractivity contribution in [1.82, 2.24) is 14.8 Å². The quantitative estimate of drug-likeness (QED) is 0.793. The minimum atomic E-state index is -0.154. The van der Waals surface area contributed by atoms with Crippen LogP contribution in [0.1, 0.15) is 17.2 Å². The average molecular weight is 334 g/mol. The summed E-state index contributed by atoms with van der Waals surface area (Å²) in [6.45, 7) is 0. The summed E-state index contributed by atoms with van der Waals surface area (Å²) in [6.07, 6.45) is 3.66. The average Bonchev–Trinajstić information content (AvgIpc) is 3.16. The van der Waals surface area contributed by atoms with Gasteiger partial charge in [-0.3, -0.25) is 0 Å². The number of anilines is 1. The maximum atomic E-state index is 5.56. The molecule has 2 heterocycles. The van der Waals surface area contributed by atoms with Crippen molar-refractivity contribution in [3.63, 3.8) is 0 Å². The van der Waals surface area contributed by atoms with Crippen LogP contribution < -0.4 is 14.8 Å². The topological polar surface area (TPSA) is 61.2 Å². The first kappa shape index (κ1) is 15.3. The highest BCUT2D eigenvalue weighted by Gasteiger charge is 2.26. The molecule has 0 amide bonds. The number of allylic oxidation sites excluding steroid dienone is 1. The summed E-state index contributed by atoms with van der Waals surface area (Å²) >= 11 is 0. The third-order valence-electron chi connectivity index (χ3n) is 4.25. The van der Waals surface area contributed by atoms with Gasteiger partial charge in [-0.1, -0.05) is 30.3 Å². The second-order valence-corrected chi connectivity index (χ2v) is 5.65. The van der Waals surface area contributed by atoms with Crippen molar-refractivity contribution in [2.45, 2.75) is 6.04 Å². The molecule has 3 aromatic rings. The third-order valence-corrected chi connectivity index (χ3v) is 4.25. The van der Waals surface area contributed by atoms with E-state index in [1.165, 1.54) is 0 Å². The summed E-state index contributed by atoms with van der Waals surface area (Å²) in [7, 11) is 3.32. The molecule has 0 saturated carbocycles. The summed E-state index contributed by atoms with van der Waals surface area (Å²) in [4.78, 5) is 4.33. The number of hydrogen-bond acceptors (Lipinski definition) is 5. The number of nitrogens with one attached hydrogen (secondary N) is 1. The van der Waals surface area contributed by atoms with Crippen LogP contribution in [0.4, 0.5) is 5.95 Å². The summed E-state index contributed by atoms with van der Waals surface area (Å²) in [5.41, 5.74) is 3.03. The Bertz CT molecular complexity index is 918. The summed E-state index contributed by atoms with van der Waals surface area (Å²) in [5, 5.41) is 7.71. The van der Waals surface area contributed by atoms with Gasteiger partial charge in [0.05, 0.1) is 14.2 Å². The van der Waals surface area contributed by atoms with E-state index in [4.69, 9.17) is 9.47 Å². The molecule has 1 aliphatic rings. The molecular weight excluding hydrogens is 316 g/mol. The van der Waals surface area contributed by atoms with Crippen LogP contribution in [-0.2, 0) is 0 Å². The number of benzene rings is 2. The van der Waals surface area contributed by atoms with Crippen molar-refractivity contribution in [3.8, 4) is 11.5 Å². The molecule has 1 unspecified atom stereocenters. The predicted octanol–water partition coefficient (Wildman–Crippen LogP) is 3.35. The van der Waals surface area contributed by atoms with Crippen LogP contribution in [-0.4, -0.2) is 29.0 Å². The molecule has 1 atom stereocenters. The highest BCUT2D eigenvalue weighted by Crippen LogP contribution is 2.37. The minimum Gasteiger partial charge on any atom is -0.497 e. The van der Waals surface area contributed by atoms with Crippen LogP contribution in [0.25, 0.3) is 5.70 Å². The minimum absolute atomic E-state index is 0.154. The van der Waals surface area contributed by atoms with Gasteiger partial charge in [-0.05, 0) is 29.8 Å². The van der Waals surface area contributed by atoms with Gasteiger partial charge in [-0.2, -0.15) is 10.1 Å². The standard InChI is InChI=1S/C19H18N4O2/c1-24-14-8-9-18(25-2)15(10-14)17-11-16(13-6-4-3-5-7-13)22-19-20-12-21-23(17)19/h3-12,17H,1-2H3,(H,20,21,22). The van der Waals surface area contributed by atoms with Gasteiger partial charge < -0.3 is 14.8 Å². The first-order chi connectivity index (χ1) is 12.3. The number of methoxy groups -OCH3 is 2. The van der Waals surface area contributed by atoms with Crippen molar-refractivity contribution in [2.24, 2.45) is 0 Å². The van der Waals surface area contributed by atoms with Gasteiger partial charge in [0.1, 0.15) is 23.9 Å². The number of rotatable bonds is 4. The van der Waals surface area contributed by atoms with E-state index >= 15 is 0 Å². The van der Waals surface area contributed by atoms with Gasteiger partial charge in [-0.15, -0.1) is 0 Å². The molecule has 0 bridgehead atoms. The van der Waals surface area contributed by atoms with E-state index in [9.17, 15) is 0 Å². The molecule has 0 aliphatic carbocycles. The monoisotopic (exact) mass is 334 g/mol. The fraction of sp³-hybridized carbons (Fsp3) is 0.158. The molecule has 25 heavy (non-hydrogen) atoms. The SMILES string of the molecule is COc1ccc(OC)c(C2C=C(c3ccccc3)Nc3ncnn32)c1. The van der Waals surface area contributed by atoms with E-state index in [0.717, 1.165) is 28.3 Å². The molecule has 126 valence electrons. The van der Waals surface area contributed by atoms with Crippen LogP contribution in [0.3, 0.4) is 0 Å². The summed E-state index contributed by atoms with van der Waals surface area (Å²) < 4.78 is 12.8. The summed E-state index contributed by atoms with van der Waals surface area (Å²) in [5.74, 6) is 2.24. The van der Waals surface area contributed by atoms with Crippen LogP contribution in [0.15, 0.2) is 60.9 Å². The first-order valence-corrected chi connectivity index (χ1v) is 7.96. The van der Waals surface area contributed by atoms with E-state index in [-0.39, 0.29) is 6.04 Å². The van der Waals surface area contributed by atoms with E-state index < -0.39 is 0 Å². The van der Waals surface area contributed by atoms with Crippen LogP contribution >= 0.6 is 0 Å². The molecule has 0 saturated heterocycles. The van der Waals surface area contributed by atoms with Gasteiger partial charge in [0.2, 0.25) is 5.95 Å². The zero-order valence-electron chi connectivity index (χ0n) is 14.0. The molecule has 4 rings (SSSR count). The highest BCUT2D eigenvalue weighted by molar-refractivity contribution is 5.77. The van der Waals surface area contributed by atoms with Crippen molar-refractivity contribution < 1.29 is 9.47 Å². The van der Waals surface area contributed by atoms with Crippen LogP contribution in [0, 0.1) is 0 Å². The van der Waals surface area contributed by atoms with E-state index in [1.807, 2.05) is 41.1 Å². The Kier molecular flexibility index (Phi) is 3.85. The molecule has 2 aromatic carbocycles. The highest BCUT2D eigenvalue weighted by atomic mass is 16.5. The Labute approximate surface area is 145 Å². The smallest absolute Gasteiger partial charge is 0.226 e. The van der Waals surface area contributed by atoms with Gasteiger partial charge >= 0.3 is 0 Å². The maximum Gasteiger partial charge on any atom is 0.226 e. The molecule has 6 heteroatoms. The maximum absolute atomic E-state index is 5.56. The number of fused-ring (bicyclic) bond motifs is 1. The lowest BCUT2D eigenvalue weighted by atomic mass is 10.0. The lowest BCUT2D eigenvalue weighted by Gasteiger charge is -2.25. The Morgan fingerprint density at radius 1 is 1.04 bits per heavy atom. The predicted molar refractivity (Wildman–Crippen MR) is 95.7 cm³/mol. The second-order valence-electron chi connectivity index (χ2n) is 5.65. The van der Waals surface area contributed by atoms with Crippen LogP contribution in [0.5, 0.6) is 11.5 Å². The molecule has 1 aromatic heterocycles. The number of aromatic nitrogens is 3. The number of nitrogens with zero attached hydrogens (tertiary/aromatic N) is 3. The molecule has 0 fully saturated rings. The zero-order valence-corrected chi connectivity index (χ0v) is 14.0. The fourth-order valence-corrected chi connectivity index (χ4v) is 3.01. The van der Waals surface area contributed by atoms with Crippen LogP contribution in [0.2, 0.25) is 0 Å². The number of ether oxygens (including phenoxy) is 2. The van der Waals surface area contributed by atoms with E-state index in [1.54, 1.807) is 20.5 Å². The molecule has 6 nitrogen and oxygen atoms in total. The third kappa shape index (κ3) is 2.71. The molecule has 1 N–H and O–H groups in total.